The fourth-order valence-corrected chi connectivity index (χ4v) is 8.78. The maximum atomic E-state index is 6.48. The zero-order chi connectivity index (χ0) is 37.5. The van der Waals surface area contributed by atoms with E-state index < -0.39 is 0 Å². The van der Waals surface area contributed by atoms with Crippen molar-refractivity contribution in [3.8, 4) is 45.5 Å². The number of hydrogen-bond acceptors (Lipinski definition) is 3. The van der Waals surface area contributed by atoms with Crippen LogP contribution in [0.1, 0.15) is 0 Å². The minimum Gasteiger partial charge on any atom is -0.454 e. The molecule has 0 aliphatic rings. The third-order valence-electron chi connectivity index (χ3n) is 11.3. The van der Waals surface area contributed by atoms with Crippen LogP contribution in [-0.4, -0.2) is 19.1 Å². The molecule has 0 aliphatic heterocycles. The molecule has 0 unspecified atom stereocenters. The normalized spacial score (nSPS) is 11.9. The molecule has 266 valence electrons. The Morgan fingerprint density at radius 2 is 0.842 bits per heavy atom. The van der Waals surface area contributed by atoms with Gasteiger partial charge in [-0.15, -0.1) is 0 Å². The first-order valence-corrected chi connectivity index (χ1v) is 19.2. The Hall–Kier alpha value is -7.76. The number of furan rings is 1. The molecule has 0 amide bonds. The predicted molar refractivity (Wildman–Crippen MR) is 234 cm³/mol. The molecule has 57 heavy (non-hydrogen) atoms. The first-order valence-electron chi connectivity index (χ1n) is 19.2. The van der Waals surface area contributed by atoms with Crippen LogP contribution in [0.4, 0.5) is 0 Å². The lowest BCUT2D eigenvalue weighted by Gasteiger charge is -2.16. The molecule has 8 aromatic carbocycles. The van der Waals surface area contributed by atoms with Crippen LogP contribution in [0.25, 0.3) is 111 Å². The predicted octanol–water partition coefficient (Wildman–Crippen LogP) is 13.6. The highest BCUT2D eigenvalue weighted by Crippen LogP contribution is 2.39. The Morgan fingerprint density at radius 3 is 1.42 bits per heavy atom. The zero-order valence-corrected chi connectivity index (χ0v) is 30.7. The Kier molecular flexibility index (Phi) is 6.86. The van der Waals surface area contributed by atoms with Gasteiger partial charge in [-0.05, 0) is 71.4 Å². The summed E-state index contributed by atoms with van der Waals surface area (Å²) in [7, 11) is 0. The first kappa shape index (κ1) is 31.6. The topological polar surface area (TPSA) is 48.8 Å². The minimum absolute atomic E-state index is 0.612. The maximum Gasteiger partial charge on any atom is 0.160 e. The van der Waals surface area contributed by atoms with Crippen LogP contribution in [0, 0.1) is 0 Å². The van der Waals surface area contributed by atoms with E-state index in [0.717, 1.165) is 77.7 Å². The fraction of sp³-hybridized carbons (Fsp3) is 0. The summed E-state index contributed by atoms with van der Waals surface area (Å²) in [5, 5.41) is 8.14. The molecule has 12 rings (SSSR count). The Morgan fingerprint density at radius 1 is 0.368 bits per heavy atom. The van der Waals surface area contributed by atoms with Crippen LogP contribution in [0.3, 0.4) is 0 Å². The number of rotatable bonds is 5. The summed E-state index contributed by atoms with van der Waals surface area (Å²) in [6.07, 6.45) is 0. The lowest BCUT2D eigenvalue weighted by Crippen LogP contribution is -2.02. The molecule has 0 radical (unpaired) electrons. The van der Waals surface area contributed by atoms with Crippen molar-refractivity contribution in [1.82, 2.24) is 19.1 Å². The quantitative estimate of drug-likeness (QED) is 0.177. The van der Waals surface area contributed by atoms with Crippen LogP contribution >= 0.6 is 0 Å². The highest BCUT2D eigenvalue weighted by atomic mass is 16.3. The Balaban J connectivity index is 1.19. The van der Waals surface area contributed by atoms with E-state index in [1.807, 2.05) is 18.2 Å². The molecule has 5 heteroatoms. The lowest BCUT2D eigenvalue weighted by molar-refractivity contribution is 0.628. The molecule has 0 saturated heterocycles. The van der Waals surface area contributed by atoms with Crippen molar-refractivity contribution >= 4 is 65.4 Å². The molecular weight excluding hydrogens is 697 g/mol. The van der Waals surface area contributed by atoms with Crippen LogP contribution < -0.4 is 0 Å². The van der Waals surface area contributed by atoms with Crippen molar-refractivity contribution < 1.29 is 4.42 Å². The van der Waals surface area contributed by atoms with Crippen molar-refractivity contribution in [2.45, 2.75) is 0 Å². The number of benzene rings is 8. The second-order valence-electron chi connectivity index (χ2n) is 14.6. The molecule has 12 aromatic rings. The van der Waals surface area contributed by atoms with E-state index in [9.17, 15) is 0 Å². The first-order chi connectivity index (χ1) is 28.2. The third-order valence-corrected chi connectivity index (χ3v) is 11.3. The van der Waals surface area contributed by atoms with Crippen LogP contribution in [0.5, 0.6) is 0 Å². The van der Waals surface area contributed by atoms with Crippen LogP contribution in [0.15, 0.2) is 199 Å². The van der Waals surface area contributed by atoms with E-state index in [1.165, 1.54) is 21.5 Å². The van der Waals surface area contributed by atoms with Crippen molar-refractivity contribution in [3.05, 3.63) is 194 Å². The van der Waals surface area contributed by atoms with Crippen molar-refractivity contribution in [2.24, 2.45) is 0 Å². The van der Waals surface area contributed by atoms with E-state index in [4.69, 9.17) is 14.4 Å². The average molecular weight is 729 g/mol. The second kappa shape index (κ2) is 12.4. The average Bonchev–Trinajstić information content (AvgIpc) is 3.97. The summed E-state index contributed by atoms with van der Waals surface area (Å²) in [5.74, 6) is 1.31. The zero-order valence-electron chi connectivity index (χ0n) is 30.7. The molecular formula is C52H32N4O. The highest BCUT2D eigenvalue weighted by molar-refractivity contribution is 6.11. The van der Waals surface area contributed by atoms with E-state index in [2.05, 4.69) is 185 Å². The molecule has 4 heterocycles. The van der Waals surface area contributed by atoms with Gasteiger partial charge in [0.1, 0.15) is 11.3 Å². The van der Waals surface area contributed by atoms with Crippen molar-refractivity contribution in [2.75, 3.05) is 0 Å². The summed E-state index contributed by atoms with van der Waals surface area (Å²) in [6, 6.07) is 68.5. The summed E-state index contributed by atoms with van der Waals surface area (Å²) in [6.45, 7) is 0. The molecule has 0 bridgehead atoms. The molecule has 0 atom stereocenters. The van der Waals surface area contributed by atoms with Gasteiger partial charge < -0.3 is 13.6 Å². The van der Waals surface area contributed by atoms with Gasteiger partial charge in [-0.1, -0.05) is 133 Å². The number of para-hydroxylation sites is 5. The van der Waals surface area contributed by atoms with E-state index in [1.54, 1.807) is 0 Å². The molecule has 0 aliphatic carbocycles. The van der Waals surface area contributed by atoms with Gasteiger partial charge >= 0.3 is 0 Å². The molecule has 4 aromatic heterocycles. The smallest absolute Gasteiger partial charge is 0.160 e. The number of aromatic nitrogens is 4. The Bertz CT molecular complexity index is 3270. The summed E-state index contributed by atoms with van der Waals surface area (Å²) >= 11 is 0. The number of hydrogen-bond donors (Lipinski definition) is 0. The van der Waals surface area contributed by atoms with Crippen molar-refractivity contribution in [1.29, 1.82) is 0 Å². The lowest BCUT2D eigenvalue weighted by atomic mass is 10.0. The van der Waals surface area contributed by atoms with E-state index >= 15 is 0 Å². The van der Waals surface area contributed by atoms with Crippen LogP contribution in [0.2, 0.25) is 0 Å². The van der Waals surface area contributed by atoms with Gasteiger partial charge in [0, 0.05) is 49.4 Å². The van der Waals surface area contributed by atoms with Gasteiger partial charge in [0.25, 0.3) is 0 Å². The maximum absolute atomic E-state index is 6.48. The van der Waals surface area contributed by atoms with Gasteiger partial charge in [-0.3, -0.25) is 0 Å². The second-order valence-corrected chi connectivity index (χ2v) is 14.6. The van der Waals surface area contributed by atoms with E-state index in [-0.39, 0.29) is 0 Å². The Labute approximate surface area is 327 Å². The monoisotopic (exact) mass is 728 g/mol. The fourth-order valence-electron chi connectivity index (χ4n) is 8.78. The number of fused-ring (bicyclic) bond motifs is 8. The summed E-state index contributed by atoms with van der Waals surface area (Å²) < 4.78 is 11.2. The van der Waals surface area contributed by atoms with Gasteiger partial charge in [-0.2, -0.15) is 0 Å². The summed E-state index contributed by atoms with van der Waals surface area (Å²) in [5.41, 5.74) is 10.9. The molecule has 5 nitrogen and oxygen atoms in total. The molecule has 0 spiro atoms. The molecule has 0 saturated carbocycles. The third kappa shape index (κ3) is 4.96. The van der Waals surface area contributed by atoms with Gasteiger partial charge in [0.2, 0.25) is 0 Å². The molecule has 0 N–H and O–H groups in total. The molecule has 0 fully saturated rings. The van der Waals surface area contributed by atoms with Gasteiger partial charge in [0.15, 0.2) is 11.6 Å². The largest absolute Gasteiger partial charge is 0.454 e. The van der Waals surface area contributed by atoms with Crippen molar-refractivity contribution in [3.63, 3.8) is 0 Å². The van der Waals surface area contributed by atoms with E-state index in [0.29, 0.717) is 11.6 Å². The highest BCUT2D eigenvalue weighted by Gasteiger charge is 2.20. The summed E-state index contributed by atoms with van der Waals surface area (Å²) in [4.78, 5) is 10.8. The van der Waals surface area contributed by atoms with Crippen LogP contribution in [-0.2, 0) is 0 Å². The van der Waals surface area contributed by atoms with Gasteiger partial charge in [0.05, 0.1) is 27.8 Å². The SMILES string of the molecule is c1ccc2oc(-c3cc(-c4cccc5ccccc45)nc(-c4cc(-n5c6ccccc6c6ccccc65)cc(-n5c6ccccc6c6ccccc65)c4)n3)cc2c1. The number of nitrogens with zero attached hydrogens (tertiary/aromatic N) is 4. The minimum atomic E-state index is 0.612. The standard InChI is InChI=1S/C52H32N4O/c1-3-17-38-33(14-1)16-13-22-39(38)44-32-45(51-30-34-15-2-12-27-50(34)57-51)54-52(53-44)35-28-36(55-46-23-8-4-18-40(46)41-19-5-9-24-47(41)55)31-37(29-35)56-48-25-10-6-20-42(48)43-21-7-11-26-49(43)56/h1-32H. The van der Waals surface area contributed by atoms with Gasteiger partial charge in [-0.25, -0.2) is 9.97 Å².